The molecule has 120 valence electrons. The number of carbonyl (C=O) groups excluding carboxylic acids is 1. The number of ether oxygens (including phenoxy) is 2. The SMILES string of the molecule is C=CC[C@H](O)C[C@@H](O)Cc1cccc2c1C(=O)OC(C)(C)O2. The molecule has 1 aliphatic heterocycles. The molecule has 0 aliphatic carbocycles. The molecule has 0 spiro atoms. The van der Waals surface area contributed by atoms with E-state index in [1.807, 2.05) is 0 Å². The normalized spacial score (nSPS) is 18.6. The lowest BCUT2D eigenvalue weighted by atomic mass is 9.96. The molecule has 5 nitrogen and oxygen atoms in total. The number of carbonyl (C=O) groups is 1. The quantitative estimate of drug-likeness (QED) is 0.622. The zero-order valence-electron chi connectivity index (χ0n) is 12.9. The van der Waals surface area contributed by atoms with Crippen LogP contribution in [0, 0.1) is 0 Å². The van der Waals surface area contributed by atoms with Crippen molar-refractivity contribution in [3.05, 3.63) is 42.0 Å². The van der Waals surface area contributed by atoms with E-state index in [0.29, 0.717) is 23.3 Å². The number of aliphatic hydroxyl groups is 2. The largest absolute Gasteiger partial charge is 0.452 e. The van der Waals surface area contributed by atoms with Crippen LogP contribution in [0.3, 0.4) is 0 Å². The molecule has 1 heterocycles. The van der Waals surface area contributed by atoms with Gasteiger partial charge in [-0.05, 0) is 30.9 Å². The molecule has 1 aromatic carbocycles. The number of esters is 1. The Labute approximate surface area is 130 Å². The van der Waals surface area contributed by atoms with Gasteiger partial charge in [-0.3, -0.25) is 0 Å². The lowest BCUT2D eigenvalue weighted by Crippen LogP contribution is -2.39. The zero-order chi connectivity index (χ0) is 16.3. The van der Waals surface area contributed by atoms with Crippen LogP contribution in [-0.4, -0.2) is 34.2 Å². The second-order valence-corrected chi connectivity index (χ2v) is 5.95. The third-order valence-corrected chi connectivity index (χ3v) is 3.45. The standard InChI is InChI=1S/C17H22O5/c1-4-6-12(18)10-13(19)9-11-7-5-8-14-15(11)16(20)22-17(2,3)21-14/h4-5,7-8,12-13,18-19H,1,6,9-10H2,2-3H3/t12-,13-/m0/s1. The van der Waals surface area contributed by atoms with Crippen molar-refractivity contribution in [1.29, 1.82) is 0 Å². The van der Waals surface area contributed by atoms with E-state index in [1.54, 1.807) is 38.1 Å². The van der Waals surface area contributed by atoms with Gasteiger partial charge < -0.3 is 19.7 Å². The van der Waals surface area contributed by atoms with Gasteiger partial charge in [0, 0.05) is 13.8 Å². The average Bonchev–Trinajstić information content (AvgIpc) is 2.36. The smallest absolute Gasteiger partial charge is 0.345 e. The molecule has 0 amide bonds. The Bertz CT molecular complexity index is 564. The van der Waals surface area contributed by atoms with E-state index in [1.165, 1.54) is 0 Å². The van der Waals surface area contributed by atoms with E-state index in [0.717, 1.165) is 0 Å². The summed E-state index contributed by atoms with van der Waals surface area (Å²) in [4.78, 5) is 12.2. The highest BCUT2D eigenvalue weighted by Gasteiger charge is 2.35. The van der Waals surface area contributed by atoms with Crippen molar-refractivity contribution < 1.29 is 24.5 Å². The molecule has 0 unspecified atom stereocenters. The summed E-state index contributed by atoms with van der Waals surface area (Å²) in [5.41, 5.74) is 0.996. The molecule has 0 saturated heterocycles. The van der Waals surface area contributed by atoms with Crippen molar-refractivity contribution in [2.45, 2.75) is 51.1 Å². The molecule has 0 saturated carbocycles. The molecular weight excluding hydrogens is 284 g/mol. The first-order chi connectivity index (χ1) is 10.3. The first kappa shape index (κ1) is 16.5. The molecule has 0 fully saturated rings. The highest BCUT2D eigenvalue weighted by atomic mass is 16.7. The van der Waals surface area contributed by atoms with Gasteiger partial charge in [0.1, 0.15) is 11.3 Å². The van der Waals surface area contributed by atoms with Crippen molar-refractivity contribution in [3.63, 3.8) is 0 Å². The highest BCUT2D eigenvalue weighted by molar-refractivity contribution is 5.95. The Morgan fingerprint density at radius 1 is 1.27 bits per heavy atom. The minimum atomic E-state index is -0.999. The maximum atomic E-state index is 12.2. The molecule has 2 N–H and O–H groups in total. The first-order valence-corrected chi connectivity index (χ1v) is 7.33. The Morgan fingerprint density at radius 2 is 2.00 bits per heavy atom. The molecule has 5 heteroatoms. The Balaban J connectivity index is 2.16. The van der Waals surface area contributed by atoms with E-state index in [4.69, 9.17) is 9.47 Å². The summed E-state index contributed by atoms with van der Waals surface area (Å²) >= 11 is 0. The summed E-state index contributed by atoms with van der Waals surface area (Å²) in [6, 6.07) is 5.24. The molecule has 1 aliphatic rings. The average molecular weight is 306 g/mol. The van der Waals surface area contributed by atoms with Crippen LogP contribution in [-0.2, 0) is 11.2 Å². The molecule has 2 rings (SSSR count). The van der Waals surface area contributed by atoms with E-state index < -0.39 is 24.0 Å². The van der Waals surface area contributed by atoms with Gasteiger partial charge in [-0.2, -0.15) is 0 Å². The van der Waals surface area contributed by atoms with Crippen molar-refractivity contribution in [2.24, 2.45) is 0 Å². The lowest BCUT2D eigenvalue weighted by molar-refractivity contribution is -0.127. The Morgan fingerprint density at radius 3 is 2.68 bits per heavy atom. The fourth-order valence-corrected chi connectivity index (χ4v) is 2.56. The van der Waals surface area contributed by atoms with Crippen LogP contribution in [0.15, 0.2) is 30.9 Å². The fraction of sp³-hybridized carbons (Fsp3) is 0.471. The topological polar surface area (TPSA) is 76.0 Å². The monoisotopic (exact) mass is 306 g/mol. The lowest BCUT2D eigenvalue weighted by Gasteiger charge is -2.32. The van der Waals surface area contributed by atoms with E-state index in [-0.39, 0.29) is 12.8 Å². The number of hydrogen-bond donors (Lipinski definition) is 2. The van der Waals surface area contributed by atoms with Crippen LogP contribution in [0.1, 0.15) is 42.6 Å². The van der Waals surface area contributed by atoms with Crippen LogP contribution in [0.2, 0.25) is 0 Å². The summed E-state index contributed by atoms with van der Waals surface area (Å²) in [7, 11) is 0. The van der Waals surface area contributed by atoms with Gasteiger partial charge in [-0.1, -0.05) is 18.2 Å². The van der Waals surface area contributed by atoms with Crippen molar-refractivity contribution in [1.82, 2.24) is 0 Å². The van der Waals surface area contributed by atoms with Crippen LogP contribution in [0.5, 0.6) is 5.75 Å². The second kappa shape index (κ2) is 6.50. The molecule has 0 radical (unpaired) electrons. The molecule has 22 heavy (non-hydrogen) atoms. The Hall–Kier alpha value is -1.85. The van der Waals surface area contributed by atoms with Gasteiger partial charge in [-0.25, -0.2) is 4.79 Å². The minimum absolute atomic E-state index is 0.219. The zero-order valence-corrected chi connectivity index (χ0v) is 12.9. The number of hydrogen-bond acceptors (Lipinski definition) is 5. The summed E-state index contributed by atoms with van der Waals surface area (Å²) in [5, 5.41) is 19.8. The predicted molar refractivity (Wildman–Crippen MR) is 81.7 cm³/mol. The molecule has 1 aromatic rings. The maximum absolute atomic E-state index is 12.2. The molecular formula is C17H22O5. The second-order valence-electron chi connectivity index (χ2n) is 5.95. The maximum Gasteiger partial charge on any atom is 0.345 e. The number of cyclic esters (lactones) is 1. The summed E-state index contributed by atoms with van der Waals surface area (Å²) in [6.07, 6.45) is 1.09. The molecule has 2 atom stereocenters. The van der Waals surface area contributed by atoms with E-state index >= 15 is 0 Å². The van der Waals surface area contributed by atoms with Crippen molar-refractivity contribution in [3.8, 4) is 5.75 Å². The van der Waals surface area contributed by atoms with Gasteiger partial charge in [0.15, 0.2) is 0 Å². The summed E-state index contributed by atoms with van der Waals surface area (Å²) < 4.78 is 10.9. The first-order valence-electron chi connectivity index (χ1n) is 7.33. The predicted octanol–water partition coefficient (Wildman–Crippen LogP) is 2.20. The van der Waals surface area contributed by atoms with Crippen LogP contribution < -0.4 is 4.74 Å². The van der Waals surface area contributed by atoms with E-state index in [2.05, 4.69) is 6.58 Å². The van der Waals surface area contributed by atoms with E-state index in [9.17, 15) is 15.0 Å². The molecule has 0 bridgehead atoms. The number of fused-ring (bicyclic) bond motifs is 1. The van der Waals surface area contributed by atoms with Crippen LogP contribution >= 0.6 is 0 Å². The summed E-state index contributed by atoms with van der Waals surface area (Å²) in [5.74, 6) is -1.00. The van der Waals surface area contributed by atoms with Gasteiger partial charge >= 0.3 is 5.97 Å². The third-order valence-electron chi connectivity index (χ3n) is 3.45. The van der Waals surface area contributed by atoms with Gasteiger partial charge in [0.25, 0.3) is 0 Å². The Kier molecular flexibility index (Phi) is 4.88. The highest BCUT2D eigenvalue weighted by Crippen LogP contribution is 2.33. The van der Waals surface area contributed by atoms with Crippen LogP contribution in [0.25, 0.3) is 0 Å². The van der Waals surface area contributed by atoms with Gasteiger partial charge in [0.2, 0.25) is 5.79 Å². The van der Waals surface area contributed by atoms with Gasteiger partial charge in [-0.15, -0.1) is 6.58 Å². The number of benzene rings is 1. The minimum Gasteiger partial charge on any atom is -0.452 e. The summed E-state index contributed by atoms with van der Waals surface area (Å²) in [6.45, 7) is 6.89. The van der Waals surface area contributed by atoms with Crippen LogP contribution in [0.4, 0.5) is 0 Å². The van der Waals surface area contributed by atoms with Crippen molar-refractivity contribution in [2.75, 3.05) is 0 Å². The fourth-order valence-electron chi connectivity index (χ4n) is 2.56. The molecule has 0 aromatic heterocycles. The number of aliphatic hydroxyl groups excluding tert-OH is 2. The van der Waals surface area contributed by atoms with Gasteiger partial charge in [0.05, 0.1) is 12.2 Å². The third kappa shape index (κ3) is 3.87. The van der Waals surface area contributed by atoms with Crippen molar-refractivity contribution >= 4 is 5.97 Å². The number of rotatable bonds is 6.